The van der Waals surface area contributed by atoms with Crippen LogP contribution in [0.5, 0.6) is 0 Å². The van der Waals surface area contributed by atoms with E-state index in [1.54, 1.807) is 0 Å². The van der Waals surface area contributed by atoms with Gasteiger partial charge in [-0.15, -0.1) is 0 Å². The predicted octanol–water partition coefficient (Wildman–Crippen LogP) is -4.48. The molecule has 0 spiro atoms. The van der Waals surface area contributed by atoms with Gasteiger partial charge in [-0.05, 0) is 13.8 Å². The molecule has 0 aromatic rings. The molecule has 0 aliphatic rings. The summed E-state index contributed by atoms with van der Waals surface area (Å²) in [5.41, 5.74) is -1.73. The number of rotatable bonds is 6. The standard InChI is InChI=1S/C9H14O6.Na/c1-9(2,5(10)7(12)13)6(11)8(14-3)15-4;/h8H,1-4H3,(H,12,13);/q;+1/p-1. The molecule has 0 rings (SSSR count). The molecule has 0 heterocycles. The molecule has 0 radical (unpaired) electrons. The van der Waals surface area contributed by atoms with Crippen LogP contribution in [0.1, 0.15) is 13.8 Å². The van der Waals surface area contributed by atoms with Crippen molar-refractivity contribution in [1.29, 1.82) is 0 Å². The van der Waals surface area contributed by atoms with Gasteiger partial charge in [-0.3, -0.25) is 9.59 Å². The summed E-state index contributed by atoms with van der Waals surface area (Å²) in [5.74, 6) is -3.97. The van der Waals surface area contributed by atoms with Gasteiger partial charge in [0.05, 0.1) is 5.41 Å². The Kier molecular flexibility index (Phi) is 8.07. The van der Waals surface area contributed by atoms with Crippen LogP contribution >= 0.6 is 0 Å². The molecule has 0 atom stereocenters. The monoisotopic (exact) mass is 240 g/mol. The van der Waals surface area contributed by atoms with Crippen molar-refractivity contribution in [3.8, 4) is 0 Å². The molecule has 7 heteroatoms. The van der Waals surface area contributed by atoms with Crippen LogP contribution in [0.4, 0.5) is 0 Å². The molecule has 0 saturated carbocycles. The Morgan fingerprint density at radius 1 is 1.12 bits per heavy atom. The number of carbonyl (C=O) groups excluding carboxylic acids is 3. The second-order valence-corrected chi connectivity index (χ2v) is 3.41. The summed E-state index contributed by atoms with van der Waals surface area (Å²) < 4.78 is 9.28. The zero-order valence-corrected chi connectivity index (χ0v) is 12.0. The Balaban J connectivity index is 0. The Bertz CT molecular complexity index is 282. The van der Waals surface area contributed by atoms with Crippen molar-refractivity contribution in [3.63, 3.8) is 0 Å². The van der Waals surface area contributed by atoms with Gasteiger partial charge in [-0.25, -0.2) is 0 Å². The predicted molar refractivity (Wildman–Crippen MR) is 46.6 cm³/mol. The average Bonchev–Trinajstić information content (AvgIpc) is 2.18. The van der Waals surface area contributed by atoms with E-state index in [1.807, 2.05) is 0 Å². The SMILES string of the molecule is COC(OC)C(=O)C(C)(C)C(=O)C(=O)[O-].[Na+]. The van der Waals surface area contributed by atoms with Crippen molar-refractivity contribution in [3.05, 3.63) is 0 Å². The van der Waals surface area contributed by atoms with E-state index in [1.165, 1.54) is 28.1 Å². The summed E-state index contributed by atoms with van der Waals surface area (Å²) in [6.07, 6.45) is -1.26. The Labute approximate surface area is 116 Å². The van der Waals surface area contributed by atoms with Crippen LogP contribution in [0.2, 0.25) is 0 Å². The van der Waals surface area contributed by atoms with Crippen molar-refractivity contribution < 1.29 is 58.5 Å². The maximum atomic E-state index is 11.6. The zero-order valence-electron chi connectivity index (χ0n) is 10.0. The molecule has 0 aliphatic carbocycles. The Morgan fingerprint density at radius 2 is 1.50 bits per heavy atom. The Hall–Kier alpha value is -0.270. The molecule has 0 fully saturated rings. The van der Waals surface area contributed by atoms with E-state index in [9.17, 15) is 19.5 Å². The van der Waals surface area contributed by atoms with Gasteiger partial charge in [0.15, 0.2) is 5.78 Å². The number of carboxylic acids is 1. The summed E-state index contributed by atoms with van der Waals surface area (Å²) in [4.78, 5) is 33.1. The van der Waals surface area contributed by atoms with Crippen LogP contribution in [0, 0.1) is 5.41 Å². The van der Waals surface area contributed by atoms with E-state index in [-0.39, 0.29) is 29.6 Å². The van der Waals surface area contributed by atoms with Crippen LogP contribution < -0.4 is 34.7 Å². The number of Topliss-reactive ketones (excluding diaryl/α,β-unsaturated/α-hetero) is 2. The van der Waals surface area contributed by atoms with E-state index in [0.717, 1.165) is 0 Å². The van der Waals surface area contributed by atoms with Gasteiger partial charge in [-0.2, -0.15) is 0 Å². The van der Waals surface area contributed by atoms with E-state index in [0.29, 0.717) is 0 Å². The third-order valence-corrected chi connectivity index (χ3v) is 2.01. The number of aliphatic carboxylic acids is 1. The fourth-order valence-corrected chi connectivity index (χ4v) is 0.972. The van der Waals surface area contributed by atoms with Gasteiger partial charge in [0, 0.05) is 14.2 Å². The minimum absolute atomic E-state index is 0. The van der Waals surface area contributed by atoms with Gasteiger partial charge in [-0.1, -0.05) is 0 Å². The molecule has 0 N–H and O–H groups in total. The van der Waals surface area contributed by atoms with Crippen LogP contribution in [-0.2, 0) is 23.9 Å². The summed E-state index contributed by atoms with van der Waals surface area (Å²) in [6.45, 7) is 2.36. The molecular weight excluding hydrogens is 227 g/mol. The van der Waals surface area contributed by atoms with E-state index < -0.39 is 29.2 Å². The molecule has 0 bridgehead atoms. The van der Waals surface area contributed by atoms with Gasteiger partial charge in [0.25, 0.3) is 0 Å². The van der Waals surface area contributed by atoms with Crippen molar-refractivity contribution in [1.82, 2.24) is 0 Å². The number of ketones is 2. The van der Waals surface area contributed by atoms with E-state index >= 15 is 0 Å². The van der Waals surface area contributed by atoms with Gasteiger partial charge >= 0.3 is 29.6 Å². The molecule has 16 heavy (non-hydrogen) atoms. The first-order valence-corrected chi connectivity index (χ1v) is 4.14. The minimum Gasteiger partial charge on any atom is -0.542 e. The average molecular weight is 240 g/mol. The van der Waals surface area contributed by atoms with Crippen LogP contribution in [0.3, 0.4) is 0 Å². The fourth-order valence-electron chi connectivity index (χ4n) is 0.972. The summed E-state index contributed by atoms with van der Waals surface area (Å²) in [5, 5.41) is 10.4. The molecule has 86 valence electrons. The number of carbonyl (C=O) groups is 3. The number of methoxy groups -OCH3 is 2. The third kappa shape index (κ3) is 3.95. The molecule has 0 aliphatic heterocycles. The second kappa shape index (κ2) is 7.13. The normalized spacial score (nSPS) is 10.8. The first-order valence-electron chi connectivity index (χ1n) is 4.14. The van der Waals surface area contributed by atoms with Crippen LogP contribution in [0.15, 0.2) is 0 Å². The number of hydrogen-bond acceptors (Lipinski definition) is 6. The quantitative estimate of drug-likeness (QED) is 0.201. The molecule has 0 saturated heterocycles. The van der Waals surface area contributed by atoms with Gasteiger partial charge in [0.1, 0.15) is 5.97 Å². The summed E-state index contributed by atoms with van der Waals surface area (Å²) in [6, 6.07) is 0. The second-order valence-electron chi connectivity index (χ2n) is 3.41. The van der Waals surface area contributed by atoms with Crippen molar-refractivity contribution in [2.75, 3.05) is 14.2 Å². The maximum Gasteiger partial charge on any atom is 1.00 e. The first-order chi connectivity index (χ1) is 6.78. The largest absolute Gasteiger partial charge is 1.00 e. The smallest absolute Gasteiger partial charge is 0.542 e. The van der Waals surface area contributed by atoms with Crippen molar-refractivity contribution >= 4 is 17.5 Å². The third-order valence-electron chi connectivity index (χ3n) is 2.01. The van der Waals surface area contributed by atoms with Gasteiger partial charge in [0.2, 0.25) is 12.1 Å². The van der Waals surface area contributed by atoms with Gasteiger partial charge < -0.3 is 19.4 Å². The molecular formula is C9H13NaO6. The topological polar surface area (TPSA) is 92.7 Å². The molecule has 0 aromatic heterocycles. The molecule has 6 nitrogen and oxygen atoms in total. The molecule has 0 unspecified atom stereocenters. The Morgan fingerprint density at radius 3 is 1.75 bits per heavy atom. The fraction of sp³-hybridized carbons (Fsp3) is 0.667. The van der Waals surface area contributed by atoms with Crippen LogP contribution in [-0.4, -0.2) is 38.0 Å². The molecule has 0 aromatic carbocycles. The van der Waals surface area contributed by atoms with Crippen molar-refractivity contribution in [2.24, 2.45) is 5.41 Å². The van der Waals surface area contributed by atoms with Crippen LogP contribution in [0.25, 0.3) is 0 Å². The number of ether oxygens (including phenoxy) is 2. The number of carboxylic acid groups (broad SMARTS) is 1. The van der Waals surface area contributed by atoms with Crippen molar-refractivity contribution in [2.45, 2.75) is 20.1 Å². The molecule has 0 amide bonds. The minimum atomic E-state index is -1.90. The van der Waals surface area contributed by atoms with E-state index in [4.69, 9.17) is 0 Å². The summed E-state index contributed by atoms with van der Waals surface area (Å²) >= 11 is 0. The maximum absolute atomic E-state index is 11.6. The summed E-state index contributed by atoms with van der Waals surface area (Å²) in [7, 11) is 2.43. The number of hydrogen-bond donors (Lipinski definition) is 0. The first kappa shape index (κ1) is 18.1. The van der Waals surface area contributed by atoms with E-state index in [2.05, 4.69) is 9.47 Å². The zero-order chi connectivity index (χ0) is 12.2.